The van der Waals surface area contributed by atoms with E-state index >= 15 is 0 Å². The molecular weight excluding hydrogens is 272 g/mol. The standard InChI is InChI=1S/C16H14O5/c1-2-11-3-5-12(6-4-11)20-10-16(19)21-13-7-8-14(17)15(18)9-13/h2-9,17-18H,1,10H2. The molecule has 0 aliphatic heterocycles. The second kappa shape index (κ2) is 6.47. The van der Waals surface area contributed by atoms with Crippen LogP contribution in [0.15, 0.2) is 49.0 Å². The van der Waals surface area contributed by atoms with Crippen LogP contribution in [0.4, 0.5) is 0 Å². The summed E-state index contributed by atoms with van der Waals surface area (Å²) >= 11 is 0. The Morgan fingerprint density at radius 2 is 1.71 bits per heavy atom. The van der Waals surface area contributed by atoms with Crippen LogP contribution < -0.4 is 9.47 Å². The third-order valence-electron chi connectivity index (χ3n) is 2.65. The van der Waals surface area contributed by atoms with Gasteiger partial charge in [-0.05, 0) is 29.8 Å². The van der Waals surface area contributed by atoms with E-state index in [1.54, 1.807) is 18.2 Å². The molecule has 2 aromatic carbocycles. The minimum atomic E-state index is -0.618. The van der Waals surface area contributed by atoms with Gasteiger partial charge in [0.05, 0.1) is 0 Å². The van der Waals surface area contributed by atoms with Crippen LogP contribution in [0.1, 0.15) is 5.56 Å². The highest BCUT2D eigenvalue weighted by atomic mass is 16.6. The Morgan fingerprint density at radius 3 is 2.33 bits per heavy atom. The van der Waals surface area contributed by atoms with Crippen molar-refractivity contribution in [1.82, 2.24) is 0 Å². The summed E-state index contributed by atoms with van der Waals surface area (Å²) < 4.78 is 10.2. The molecule has 0 atom stereocenters. The van der Waals surface area contributed by atoms with E-state index in [-0.39, 0.29) is 23.9 Å². The van der Waals surface area contributed by atoms with Gasteiger partial charge in [0.2, 0.25) is 0 Å². The fourth-order valence-electron chi connectivity index (χ4n) is 1.57. The second-order valence-corrected chi connectivity index (χ2v) is 4.19. The van der Waals surface area contributed by atoms with E-state index in [0.717, 1.165) is 11.6 Å². The van der Waals surface area contributed by atoms with Gasteiger partial charge in [-0.15, -0.1) is 0 Å². The molecule has 0 saturated heterocycles. The van der Waals surface area contributed by atoms with E-state index in [0.29, 0.717) is 5.75 Å². The Morgan fingerprint density at radius 1 is 1.05 bits per heavy atom. The summed E-state index contributed by atoms with van der Waals surface area (Å²) in [4.78, 5) is 11.6. The molecule has 2 aromatic rings. The maximum Gasteiger partial charge on any atom is 0.349 e. The number of hydrogen-bond acceptors (Lipinski definition) is 5. The molecule has 0 radical (unpaired) electrons. The Kier molecular flexibility index (Phi) is 4.46. The molecule has 0 heterocycles. The molecular formula is C16H14O5. The zero-order chi connectivity index (χ0) is 15.2. The van der Waals surface area contributed by atoms with Crippen molar-refractivity contribution in [2.24, 2.45) is 0 Å². The minimum absolute atomic E-state index is 0.126. The van der Waals surface area contributed by atoms with Gasteiger partial charge in [0.15, 0.2) is 18.1 Å². The van der Waals surface area contributed by atoms with Gasteiger partial charge in [0.25, 0.3) is 0 Å². The fourth-order valence-corrected chi connectivity index (χ4v) is 1.57. The summed E-state index contributed by atoms with van der Waals surface area (Å²) in [6.45, 7) is 3.37. The number of carbonyl (C=O) groups excluding carboxylic acids is 1. The lowest BCUT2D eigenvalue weighted by molar-refractivity contribution is -0.136. The van der Waals surface area contributed by atoms with Crippen molar-refractivity contribution in [1.29, 1.82) is 0 Å². The van der Waals surface area contributed by atoms with Crippen LogP contribution in [0.25, 0.3) is 6.08 Å². The highest BCUT2D eigenvalue weighted by Crippen LogP contribution is 2.28. The summed E-state index contributed by atoms with van der Waals surface area (Å²) in [5, 5.41) is 18.4. The number of esters is 1. The molecule has 0 unspecified atom stereocenters. The van der Waals surface area contributed by atoms with Crippen LogP contribution in [0.3, 0.4) is 0 Å². The summed E-state index contributed by atoms with van der Waals surface area (Å²) in [6, 6.07) is 10.8. The zero-order valence-corrected chi connectivity index (χ0v) is 11.2. The number of aromatic hydroxyl groups is 2. The molecule has 2 rings (SSSR count). The van der Waals surface area contributed by atoms with Crippen LogP contribution in [-0.2, 0) is 4.79 Å². The van der Waals surface area contributed by atoms with E-state index in [4.69, 9.17) is 14.6 Å². The molecule has 5 nitrogen and oxygen atoms in total. The van der Waals surface area contributed by atoms with Crippen LogP contribution in [0.2, 0.25) is 0 Å². The number of hydrogen-bond donors (Lipinski definition) is 2. The first kappa shape index (κ1) is 14.5. The molecule has 21 heavy (non-hydrogen) atoms. The van der Waals surface area contributed by atoms with Crippen molar-refractivity contribution in [2.45, 2.75) is 0 Å². The van der Waals surface area contributed by atoms with Crippen molar-refractivity contribution in [3.63, 3.8) is 0 Å². The molecule has 0 aliphatic carbocycles. The lowest BCUT2D eigenvalue weighted by Crippen LogP contribution is -2.17. The van der Waals surface area contributed by atoms with E-state index in [1.165, 1.54) is 12.1 Å². The van der Waals surface area contributed by atoms with Gasteiger partial charge in [-0.2, -0.15) is 0 Å². The number of benzene rings is 2. The van der Waals surface area contributed by atoms with Gasteiger partial charge >= 0.3 is 5.97 Å². The van der Waals surface area contributed by atoms with Crippen LogP contribution in [0.5, 0.6) is 23.0 Å². The molecule has 0 aromatic heterocycles. The van der Waals surface area contributed by atoms with Crippen LogP contribution in [0, 0.1) is 0 Å². The van der Waals surface area contributed by atoms with E-state index in [9.17, 15) is 9.90 Å². The molecule has 0 bridgehead atoms. The third kappa shape index (κ3) is 4.01. The maximum atomic E-state index is 11.6. The Hall–Kier alpha value is -2.95. The minimum Gasteiger partial charge on any atom is -0.504 e. The lowest BCUT2D eigenvalue weighted by atomic mass is 10.2. The summed E-state index contributed by atoms with van der Waals surface area (Å²) in [5.41, 5.74) is 0.949. The number of rotatable bonds is 5. The number of phenolic OH excluding ortho intramolecular Hbond substituents is 2. The number of ether oxygens (including phenoxy) is 2. The predicted molar refractivity (Wildman–Crippen MR) is 77.4 cm³/mol. The average Bonchev–Trinajstić information content (AvgIpc) is 2.49. The molecule has 0 fully saturated rings. The van der Waals surface area contributed by atoms with Gasteiger partial charge < -0.3 is 19.7 Å². The van der Waals surface area contributed by atoms with Gasteiger partial charge in [-0.1, -0.05) is 24.8 Å². The van der Waals surface area contributed by atoms with Gasteiger partial charge in [-0.3, -0.25) is 0 Å². The first-order valence-electron chi connectivity index (χ1n) is 6.16. The van der Waals surface area contributed by atoms with E-state index in [1.807, 2.05) is 12.1 Å². The summed E-state index contributed by atoms with van der Waals surface area (Å²) in [7, 11) is 0. The first-order chi connectivity index (χ1) is 10.1. The monoisotopic (exact) mass is 286 g/mol. The van der Waals surface area contributed by atoms with Gasteiger partial charge in [0, 0.05) is 6.07 Å². The molecule has 0 amide bonds. The Bertz CT molecular complexity index is 646. The average molecular weight is 286 g/mol. The van der Waals surface area contributed by atoms with Crippen molar-refractivity contribution >= 4 is 12.0 Å². The van der Waals surface area contributed by atoms with Crippen LogP contribution in [-0.4, -0.2) is 22.8 Å². The molecule has 0 saturated carbocycles. The predicted octanol–water partition coefficient (Wildman–Crippen LogP) is 2.73. The molecule has 0 aliphatic rings. The number of carbonyl (C=O) groups is 1. The third-order valence-corrected chi connectivity index (χ3v) is 2.65. The first-order valence-corrected chi connectivity index (χ1v) is 6.16. The normalized spacial score (nSPS) is 9.90. The van der Waals surface area contributed by atoms with E-state index in [2.05, 4.69) is 6.58 Å². The quantitative estimate of drug-likeness (QED) is 0.502. The molecule has 0 spiro atoms. The largest absolute Gasteiger partial charge is 0.504 e. The highest BCUT2D eigenvalue weighted by Gasteiger charge is 2.08. The van der Waals surface area contributed by atoms with E-state index < -0.39 is 5.97 Å². The van der Waals surface area contributed by atoms with Crippen molar-refractivity contribution in [3.8, 4) is 23.0 Å². The molecule has 2 N–H and O–H groups in total. The smallest absolute Gasteiger partial charge is 0.349 e. The Labute approximate surface area is 121 Å². The van der Waals surface area contributed by atoms with Crippen molar-refractivity contribution in [3.05, 3.63) is 54.6 Å². The summed E-state index contributed by atoms with van der Waals surface area (Å²) in [5.74, 6) is -0.602. The summed E-state index contributed by atoms with van der Waals surface area (Å²) in [6.07, 6.45) is 1.70. The zero-order valence-electron chi connectivity index (χ0n) is 11.2. The van der Waals surface area contributed by atoms with Crippen molar-refractivity contribution in [2.75, 3.05) is 6.61 Å². The highest BCUT2D eigenvalue weighted by molar-refractivity contribution is 5.74. The van der Waals surface area contributed by atoms with Gasteiger partial charge in [0.1, 0.15) is 11.5 Å². The van der Waals surface area contributed by atoms with Crippen LogP contribution >= 0.6 is 0 Å². The lowest BCUT2D eigenvalue weighted by Gasteiger charge is -2.07. The fraction of sp³-hybridized carbons (Fsp3) is 0.0625. The topological polar surface area (TPSA) is 76.0 Å². The Balaban J connectivity index is 1.89. The maximum absolute atomic E-state index is 11.6. The van der Waals surface area contributed by atoms with Gasteiger partial charge in [-0.25, -0.2) is 4.79 Å². The second-order valence-electron chi connectivity index (χ2n) is 4.19. The SMILES string of the molecule is C=Cc1ccc(OCC(=O)Oc2ccc(O)c(O)c2)cc1. The van der Waals surface area contributed by atoms with Crippen molar-refractivity contribution < 1.29 is 24.5 Å². The molecule has 5 heteroatoms. The molecule has 108 valence electrons. The number of phenols is 2.